The zero-order valence-corrected chi connectivity index (χ0v) is 15.7. The number of rotatable bonds is 6. The second-order valence-electron chi connectivity index (χ2n) is 5.86. The summed E-state index contributed by atoms with van der Waals surface area (Å²) in [6, 6.07) is 10.3. The monoisotopic (exact) mass is 391 g/mol. The molecule has 1 saturated heterocycles. The molecule has 3 heterocycles. The van der Waals surface area contributed by atoms with Crippen LogP contribution in [0, 0.1) is 0 Å². The molecule has 1 aliphatic heterocycles. The van der Waals surface area contributed by atoms with Gasteiger partial charge in [-0.2, -0.15) is 9.29 Å². The first-order valence-corrected chi connectivity index (χ1v) is 10.5. The molecule has 9 heteroatoms. The fourth-order valence-electron chi connectivity index (χ4n) is 2.72. The minimum absolute atomic E-state index is 0.0753. The number of hydrogen-bond acceptors (Lipinski definition) is 7. The fourth-order valence-corrected chi connectivity index (χ4v) is 4.90. The first-order valence-electron chi connectivity index (χ1n) is 8.18. The number of ether oxygens (including phenoxy) is 1. The first-order chi connectivity index (χ1) is 12.6. The van der Waals surface area contributed by atoms with Gasteiger partial charge >= 0.3 is 0 Å². The highest BCUT2D eigenvalue weighted by molar-refractivity contribution is 7.89. The number of hydrogen-bond donors (Lipinski definition) is 0. The highest BCUT2D eigenvalue weighted by Crippen LogP contribution is 2.33. The van der Waals surface area contributed by atoms with Crippen LogP contribution in [0.1, 0.15) is 18.7 Å². The van der Waals surface area contributed by atoms with Gasteiger partial charge in [-0.1, -0.05) is 11.2 Å². The van der Waals surface area contributed by atoms with E-state index in [-0.39, 0.29) is 10.8 Å². The van der Waals surface area contributed by atoms with Crippen molar-refractivity contribution in [3.63, 3.8) is 0 Å². The molecule has 0 radical (unpaired) electrons. The minimum Gasteiger partial charge on any atom is -0.494 e. The van der Waals surface area contributed by atoms with Gasteiger partial charge < -0.3 is 9.26 Å². The van der Waals surface area contributed by atoms with E-state index < -0.39 is 10.0 Å². The molecule has 26 heavy (non-hydrogen) atoms. The molecule has 0 amide bonds. The van der Waals surface area contributed by atoms with E-state index in [2.05, 4.69) is 10.1 Å². The van der Waals surface area contributed by atoms with Gasteiger partial charge in [0.25, 0.3) is 0 Å². The van der Waals surface area contributed by atoms with Crippen molar-refractivity contribution in [1.82, 2.24) is 14.4 Å². The summed E-state index contributed by atoms with van der Waals surface area (Å²) >= 11 is 1.53. The Balaban J connectivity index is 1.43. The largest absolute Gasteiger partial charge is 0.494 e. The molecule has 136 valence electrons. The lowest BCUT2D eigenvalue weighted by atomic mass is 10.0. The second kappa shape index (κ2) is 6.82. The SMILES string of the molecule is CCOc1ccc(S(=O)(=O)N2CC(c3nc(-c4cccs4)no3)C2)cc1. The van der Waals surface area contributed by atoms with Crippen LogP contribution in [0.25, 0.3) is 10.7 Å². The molecule has 0 atom stereocenters. The van der Waals surface area contributed by atoms with Gasteiger partial charge in [-0.3, -0.25) is 0 Å². The van der Waals surface area contributed by atoms with E-state index in [9.17, 15) is 8.42 Å². The van der Waals surface area contributed by atoms with E-state index in [1.807, 2.05) is 24.4 Å². The van der Waals surface area contributed by atoms with Crippen LogP contribution in [0.15, 0.2) is 51.2 Å². The summed E-state index contributed by atoms with van der Waals surface area (Å²) in [7, 11) is -3.52. The Bertz CT molecular complexity index is 975. The van der Waals surface area contributed by atoms with Crippen molar-refractivity contribution in [2.24, 2.45) is 0 Å². The van der Waals surface area contributed by atoms with E-state index in [1.54, 1.807) is 24.3 Å². The minimum atomic E-state index is -3.52. The lowest BCUT2D eigenvalue weighted by Gasteiger charge is -2.35. The predicted octanol–water partition coefficient (Wildman–Crippen LogP) is 2.98. The summed E-state index contributed by atoms with van der Waals surface area (Å²) in [5, 5.41) is 5.92. The van der Waals surface area contributed by atoms with Gasteiger partial charge in [0.1, 0.15) is 5.75 Å². The molecule has 1 aromatic carbocycles. The Kier molecular flexibility index (Phi) is 4.51. The van der Waals surface area contributed by atoms with E-state index >= 15 is 0 Å². The number of aromatic nitrogens is 2. The maximum absolute atomic E-state index is 12.7. The Morgan fingerprint density at radius 1 is 1.27 bits per heavy atom. The van der Waals surface area contributed by atoms with Crippen molar-refractivity contribution in [2.45, 2.75) is 17.7 Å². The van der Waals surface area contributed by atoms with Crippen molar-refractivity contribution in [2.75, 3.05) is 19.7 Å². The lowest BCUT2D eigenvalue weighted by molar-refractivity contribution is 0.217. The molecule has 0 saturated carbocycles. The molecular formula is C17H17N3O4S2. The predicted molar refractivity (Wildman–Crippen MR) is 96.7 cm³/mol. The van der Waals surface area contributed by atoms with Crippen molar-refractivity contribution in [3.8, 4) is 16.5 Å². The van der Waals surface area contributed by atoms with Crippen molar-refractivity contribution < 1.29 is 17.7 Å². The van der Waals surface area contributed by atoms with E-state index in [4.69, 9.17) is 9.26 Å². The average Bonchev–Trinajstić information content (AvgIpc) is 3.25. The van der Waals surface area contributed by atoms with Gasteiger partial charge in [0, 0.05) is 13.1 Å². The summed E-state index contributed by atoms with van der Waals surface area (Å²) in [5.41, 5.74) is 0. The Morgan fingerprint density at radius 2 is 2.04 bits per heavy atom. The Morgan fingerprint density at radius 3 is 2.69 bits per heavy atom. The standard InChI is InChI=1S/C17H17N3O4S2/c1-2-23-13-5-7-14(8-6-13)26(21,22)20-10-12(11-20)17-18-16(19-24-17)15-4-3-9-25-15/h3-9,12H,2,10-11H2,1H3. The van der Waals surface area contributed by atoms with E-state index in [1.165, 1.54) is 15.6 Å². The molecule has 2 aromatic heterocycles. The Hall–Kier alpha value is -2.23. The van der Waals surface area contributed by atoms with Gasteiger partial charge in [0.2, 0.25) is 21.7 Å². The van der Waals surface area contributed by atoms with Crippen molar-refractivity contribution >= 4 is 21.4 Å². The van der Waals surface area contributed by atoms with Crippen molar-refractivity contribution in [3.05, 3.63) is 47.7 Å². The van der Waals surface area contributed by atoms with Gasteiger partial charge in [-0.05, 0) is 42.6 Å². The van der Waals surface area contributed by atoms with E-state index in [0.717, 1.165) is 4.88 Å². The molecule has 7 nitrogen and oxygen atoms in total. The Labute approximate surface area is 155 Å². The molecule has 0 N–H and O–H groups in total. The number of nitrogens with zero attached hydrogens (tertiary/aromatic N) is 3. The maximum Gasteiger partial charge on any atom is 0.243 e. The second-order valence-corrected chi connectivity index (χ2v) is 8.74. The molecule has 1 aliphatic rings. The molecule has 0 unspecified atom stereocenters. The molecule has 4 rings (SSSR count). The van der Waals surface area contributed by atoms with Gasteiger partial charge in [-0.15, -0.1) is 11.3 Å². The van der Waals surface area contributed by atoms with E-state index in [0.29, 0.717) is 37.2 Å². The summed E-state index contributed by atoms with van der Waals surface area (Å²) < 4.78 is 37.4. The number of sulfonamides is 1. The van der Waals surface area contributed by atoms with Crippen LogP contribution in [-0.4, -0.2) is 42.6 Å². The highest BCUT2D eigenvalue weighted by atomic mass is 32.2. The molecule has 0 spiro atoms. The van der Waals surface area contributed by atoms with Crippen LogP contribution >= 0.6 is 11.3 Å². The van der Waals surface area contributed by atoms with Gasteiger partial charge in [0.15, 0.2) is 0 Å². The van der Waals surface area contributed by atoms with Crippen molar-refractivity contribution in [1.29, 1.82) is 0 Å². The fraction of sp³-hybridized carbons (Fsp3) is 0.294. The van der Waals surface area contributed by atoms with Crippen LogP contribution in [0.2, 0.25) is 0 Å². The van der Waals surface area contributed by atoms with Crippen LogP contribution < -0.4 is 4.74 Å². The topological polar surface area (TPSA) is 85.5 Å². The first kappa shape index (κ1) is 17.2. The third-order valence-electron chi connectivity index (χ3n) is 4.15. The van der Waals surface area contributed by atoms with Gasteiger partial charge in [-0.25, -0.2) is 8.42 Å². The third-order valence-corrected chi connectivity index (χ3v) is 6.86. The summed E-state index contributed by atoms with van der Waals surface area (Å²) in [4.78, 5) is 5.57. The van der Waals surface area contributed by atoms with Crippen LogP contribution in [0.4, 0.5) is 0 Å². The molecule has 0 aliphatic carbocycles. The summed E-state index contributed by atoms with van der Waals surface area (Å²) in [6.07, 6.45) is 0. The quantitative estimate of drug-likeness (QED) is 0.642. The molecule has 1 fully saturated rings. The number of thiophene rings is 1. The molecule has 0 bridgehead atoms. The van der Waals surface area contributed by atoms with Crippen LogP contribution in [-0.2, 0) is 10.0 Å². The highest BCUT2D eigenvalue weighted by Gasteiger charge is 2.40. The zero-order chi connectivity index (χ0) is 18.1. The third kappa shape index (κ3) is 3.13. The summed E-state index contributed by atoms with van der Waals surface area (Å²) in [6.45, 7) is 3.09. The maximum atomic E-state index is 12.7. The van der Waals surface area contributed by atoms with Gasteiger partial charge in [0.05, 0.1) is 22.3 Å². The normalized spacial score (nSPS) is 15.7. The van der Waals surface area contributed by atoms with Crippen LogP contribution in [0.5, 0.6) is 5.75 Å². The average molecular weight is 391 g/mol. The summed E-state index contributed by atoms with van der Waals surface area (Å²) in [5.74, 6) is 1.60. The smallest absolute Gasteiger partial charge is 0.243 e. The lowest BCUT2D eigenvalue weighted by Crippen LogP contribution is -2.48. The molecule has 3 aromatic rings. The van der Waals surface area contributed by atoms with Crippen LogP contribution in [0.3, 0.4) is 0 Å². The number of benzene rings is 1. The zero-order valence-electron chi connectivity index (χ0n) is 14.0. The molecular weight excluding hydrogens is 374 g/mol.